The number of aromatic nitrogens is 2. The van der Waals surface area contributed by atoms with Crippen LogP contribution in [-0.2, 0) is 31.6 Å². The van der Waals surface area contributed by atoms with Crippen molar-refractivity contribution < 1.29 is 65.8 Å². The third kappa shape index (κ3) is 6.06. The van der Waals surface area contributed by atoms with Crippen molar-refractivity contribution in [3.8, 4) is 12.3 Å². The van der Waals surface area contributed by atoms with E-state index in [1.165, 1.54) is 0 Å². The molecule has 1 fully saturated rings. The zero-order valence-corrected chi connectivity index (χ0v) is 18.6. The summed E-state index contributed by atoms with van der Waals surface area (Å²) >= 11 is 4.81. The Bertz CT molecular complexity index is 1190. The van der Waals surface area contributed by atoms with Crippen molar-refractivity contribution in [2.45, 2.75) is 18.1 Å². The molecule has 21 heteroatoms. The van der Waals surface area contributed by atoms with Crippen LogP contribution in [0, 0.1) is 28.8 Å². The fraction of sp³-hybridized carbons (Fsp3) is 0.455. The number of rotatable bonds is 8. The number of H-pyrrole nitrogens is 1. The number of terminal acetylenes is 1. The van der Waals surface area contributed by atoms with Crippen molar-refractivity contribution in [3.63, 3.8) is 0 Å². The quantitative estimate of drug-likeness (QED) is 0.121. The molecule has 16 nitrogen and oxygen atoms in total. The summed E-state index contributed by atoms with van der Waals surface area (Å²) in [7, 11) is -17.5. The molecule has 0 saturated carbocycles. The smallest absolute Gasteiger partial charge is 0.396 e. The molecule has 1 saturated heterocycles. The fourth-order valence-electron chi connectivity index (χ4n) is 2.58. The van der Waals surface area contributed by atoms with E-state index in [2.05, 4.69) is 13.1 Å². The molecule has 1 aliphatic heterocycles. The van der Waals surface area contributed by atoms with Crippen molar-refractivity contribution in [3.05, 3.63) is 27.1 Å². The Morgan fingerprint density at radius 1 is 1.28 bits per heavy atom. The Morgan fingerprint density at radius 3 is 2.38 bits per heavy atom. The zero-order valence-electron chi connectivity index (χ0n) is 15.1. The van der Waals surface area contributed by atoms with E-state index in [1.807, 2.05) is 4.98 Å². The van der Waals surface area contributed by atoms with Gasteiger partial charge in [0.05, 0.1) is 18.7 Å². The number of aliphatic hydroxyl groups excluding tert-OH is 2. The lowest BCUT2D eigenvalue weighted by Crippen LogP contribution is -2.41. The van der Waals surface area contributed by atoms with E-state index in [-0.39, 0.29) is 0 Å². The van der Waals surface area contributed by atoms with Gasteiger partial charge in [-0.2, -0.15) is 13.0 Å². The van der Waals surface area contributed by atoms with E-state index in [4.69, 9.17) is 33.2 Å². The zero-order chi connectivity index (χ0) is 24.7. The summed E-state index contributed by atoms with van der Waals surface area (Å²) in [4.78, 5) is 49.3. The molecule has 6 atom stereocenters. The summed E-state index contributed by atoms with van der Waals surface area (Å²) < 4.78 is 65.0. The minimum absolute atomic E-state index is 0.487. The van der Waals surface area contributed by atoms with E-state index < -0.39 is 70.3 Å². The van der Waals surface area contributed by atoms with Crippen LogP contribution in [0.2, 0.25) is 0 Å². The molecule has 0 aromatic carbocycles. The number of phosphoric ester groups is 1. The molecule has 180 valence electrons. The van der Waals surface area contributed by atoms with Crippen LogP contribution in [0.5, 0.6) is 0 Å². The monoisotopic (exact) mass is 542 g/mol. The Hall–Kier alpha value is -1.12. The molecule has 0 spiro atoms. The van der Waals surface area contributed by atoms with Crippen LogP contribution >= 0.6 is 35.7 Å². The van der Waals surface area contributed by atoms with E-state index in [1.54, 1.807) is 5.92 Å². The second kappa shape index (κ2) is 9.26. The van der Waals surface area contributed by atoms with Crippen molar-refractivity contribution in [1.29, 1.82) is 0 Å². The largest absolute Gasteiger partial charge is 0.490 e. The fourth-order valence-corrected chi connectivity index (χ4v) is 6.05. The number of aliphatic hydroxyl groups is 2. The molecular formula is C11H14FN2O14P3S. The number of phosphoric acid groups is 3. The van der Waals surface area contributed by atoms with Crippen molar-refractivity contribution in [2.24, 2.45) is 5.92 Å². The maximum Gasteiger partial charge on any atom is 0.490 e. The molecular weight excluding hydrogens is 528 g/mol. The molecule has 32 heavy (non-hydrogen) atoms. The summed E-state index contributed by atoms with van der Waals surface area (Å²) in [5.41, 5.74) is -1.23. The van der Waals surface area contributed by atoms with Crippen molar-refractivity contribution in [1.82, 2.24) is 9.55 Å². The lowest BCUT2D eigenvalue weighted by Gasteiger charge is -2.29. The first-order valence-corrected chi connectivity index (χ1v) is 12.7. The van der Waals surface area contributed by atoms with Crippen LogP contribution in [0.15, 0.2) is 11.0 Å². The van der Waals surface area contributed by atoms with Crippen LogP contribution in [0.3, 0.4) is 0 Å². The Kier molecular flexibility index (Phi) is 7.85. The van der Waals surface area contributed by atoms with Crippen LogP contribution in [0.4, 0.5) is 4.39 Å². The highest BCUT2D eigenvalue weighted by molar-refractivity contribution is 7.71. The van der Waals surface area contributed by atoms with Crippen molar-refractivity contribution in [2.75, 3.05) is 6.61 Å². The maximum absolute atomic E-state index is 13.7. The lowest BCUT2D eigenvalue weighted by atomic mass is 9.96. The number of nitrogens with zero attached hydrogens (tertiary/aromatic N) is 1. The molecule has 1 aliphatic rings. The number of halogens is 1. The molecule has 7 N–H and O–H groups in total. The highest BCUT2D eigenvalue weighted by atomic mass is 32.1. The van der Waals surface area contributed by atoms with Gasteiger partial charge in [-0.25, -0.2) is 18.2 Å². The molecule has 0 amide bonds. The van der Waals surface area contributed by atoms with Gasteiger partial charge < -0.3 is 34.5 Å². The number of ether oxygens (including phenoxy) is 1. The molecule has 2 heterocycles. The molecule has 1 aromatic heterocycles. The summed E-state index contributed by atoms with van der Waals surface area (Å²) in [6.45, 7) is -1.11. The summed E-state index contributed by atoms with van der Waals surface area (Å²) in [6, 6.07) is 0. The molecule has 0 bridgehead atoms. The topological polar surface area (TPSA) is 247 Å². The minimum atomic E-state index is -5.93. The second-order valence-electron chi connectivity index (χ2n) is 5.93. The van der Waals surface area contributed by atoms with Gasteiger partial charge in [-0.1, -0.05) is 0 Å². The van der Waals surface area contributed by atoms with Gasteiger partial charge in [0, 0.05) is 0 Å². The van der Waals surface area contributed by atoms with E-state index in [9.17, 15) is 42.9 Å². The Morgan fingerprint density at radius 2 is 1.88 bits per heavy atom. The average molecular weight is 542 g/mol. The highest BCUT2D eigenvalue weighted by Crippen LogP contribution is 2.68. The number of nitrogens with one attached hydrogen (secondary N) is 1. The standard InChI is InChI=1S/C11H14FN2O14P3S/c1-2-11(26-30(21,22)28-31(23,24)27-29(18,19)20)5(4-15)7(16)9(25-11)14-3-6(12)8(17)13-10(14)32/h1,3,5,7,9,15-16H,4H2,(H,21,22)(H,23,24)(H,13,17,32)(H2,18,19,20)/t5?,7-,9+,11+/m0/s1. The van der Waals surface area contributed by atoms with Gasteiger partial charge in [0.2, 0.25) is 5.82 Å². The van der Waals surface area contributed by atoms with Gasteiger partial charge in [0.25, 0.3) is 11.3 Å². The predicted octanol–water partition coefficient (Wildman–Crippen LogP) is -0.784. The van der Waals surface area contributed by atoms with Gasteiger partial charge >= 0.3 is 23.5 Å². The first kappa shape index (κ1) is 27.1. The van der Waals surface area contributed by atoms with Crippen LogP contribution in [0.1, 0.15) is 6.23 Å². The average Bonchev–Trinajstić information content (AvgIpc) is 2.86. The lowest BCUT2D eigenvalue weighted by molar-refractivity contribution is -0.178. The molecule has 2 rings (SSSR count). The third-order valence-electron chi connectivity index (χ3n) is 3.75. The first-order valence-electron chi connectivity index (χ1n) is 7.76. The van der Waals surface area contributed by atoms with E-state index in [0.29, 0.717) is 10.8 Å². The summed E-state index contributed by atoms with van der Waals surface area (Å²) in [5.74, 6) is -4.42. The number of hydrogen-bond donors (Lipinski definition) is 7. The normalized spacial score (nSPS) is 29.8. The predicted molar refractivity (Wildman–Crippen MR) is 99.1 cm³/mol. The SMILES string of the molecule is C#C[C@]1(OP(=O)(O)OP(=O)(O)OP(=O)(O)O)O[C@@H](n2cc(F)c(=O)[nH]c2=S)[C@@H](O)C1CO. The van der Waals surface area contributed by atoms with Crippen LogP contribution < -0.4 is 5.56 Å². The molecule has 1 aromatic rings. The Labute approximate surface area is 181 Å². The summed E-state index contributed by atoms with van der Waals surface area (Å²) in [5, 5.41) is 20.0. The van der Waals surface area contributed by atoms with Gasteiger partial charge in [-0.3, -0.25) is 14.3 Å². The third-order valence-corrected chi connectivity index (χ3v) is 7.89. The van der Waals surface area contributed by atoms with Crippen LogP contribution in [0.25, 0.3) is 0 Å². The molecule has 0 aliphatic carbocycles. The molecule has 3 unspecified atom stereocenters. The maximum atomic E-state index is 13.7. The number of aromatic amines is 1. The van der Waals surface area contributed by atoms with Gasteiger partial charge in [0.1, 0.15) is 6.10 Å². The van der Waals surface area contributed by atoms with Crippen molar-refractivity contribution >= 4 is 35.7 Å². The summed E-state index contributed by atoms with van der Waals surface area (Å²) in [6.07, 6.45) is 1.94. The Balaban J connectivity index is 2.44. The van der Waals surface area contributed by atoms with Gasteiger partial charge in [-0.05, 0) is 18.1 Å². The van der Waals surface area contributed by atoms with Gasteiger partial charge in [-0.15, -0.1) is 6.42 Å². The van der Waals surface area contributed by atoms with Gasteiger partial charge in [0.15, 0.2) is 11.0 Å². The highest BCUT2D eigenvalue weighted by Gasteiger charge is 2.60. The number of hydrogen-bond acceptors (Lipinski definition) is 11. The van der Waals surface area contributed by atoms with E-state index >= 15 is 0 Å². The van der Waals surface area contributed by atoms with E-state index in [0.717, 1.165) is 0 Å². The minimum Gasteiger partial charge on any atom is -0.396 e. The molecule has 0 radical (unpaired) electrons. The first-order chi connectivity index (χ1) is 14.5. The second-order valence-corrected chi connectivity index (χ2v) is 10.7. The van der Waals surface area contributed by atoms with Crippen LogP contribution in [-0.4, -0.2) is 57.8 Å².